The van der Waals surface area contributed by atoms with Crippen molar-refractivity contribution in [2.24, 2.45) is 7.05 Å². The molecule has 0 atom stereocenters. The molecule has 0 bridgehead atoms. The van der Waals surface area contributed by atoms with Crippen molar-refractivity contribution < 1.29 is 5.11 Å². The number of aryl methyl sites for hydroxylation is 1. The molecule has 0 aliphatic heterocycles. The zero-order chi connectivity index (χ0) is 10.3. The highest BCUT2D eigenvalue weighted by Gasteiger charge is 2.12. The van der Waals surface area contributed by atoms with Crippen molar-refractivity contribution in [2.45, 2.75) is 19.8 Å². The molecule has 1 aromatic carbocycles. The Labute approximate surface area is 83.0 Å². The molecule has 1 N–H and O–H groups in total. The second-order valence-corrected chi connectivity index (χ2v) is 3.83. The lowest BCUT2D eigenvalue weighted by molar-refractivity contribution is 0.478. The highest BCUT2D eigenvalue weighted by Crippen LogP contribution is 2.26. The third-order valence-electron chi connectivity index (χ3n) is 2.42. The Morgan fingerprint density at radius 3 is 2.64 bits per heavy atom. The lowest BCUT2D eigenvalue weighted by Crippen LogP contribution is -1.99. The minimum Gasteiger partial charge on any atom is -0.506 e. The zero-order valence-electron chi connectivity index (χ0n) is 8.65. The van der Waals surface area contributed by atoms with Crippen molar-refractivity contribution in [2.75, 3.05) is 0 Å². The number of aromatic nitrogens is 2. The molecule has 2 rings (SSSR count). The SMILES string of the molecule is CC(C)c1nc2cccc(O)c2n1C. The van der Waals surface area contributed by atoms with Crippen LogP contribution in [0.15, 0.2) is 18.2 Å². The third kappa shape index (κ3) is 1.16. The lowest BCUT2D eigenvalue weighted by Gasteiger charge is -2.04. The number of rotatable bonds is 1. The van der Waals surface area contributed by atoms with E-state index in [1.807, 2.05) is 23.7 Å². The van der Waals surface area contributed by atoms with Gasteiger partial charge in [-0.2, -0.15) is 0 Å². The minimum atomic E-state index is 0.296. The summed E-state index contributed by atoms with van der Waals surface area (Å²) in [4.78, 5) is 4.48. The second kappa shape index (κ2) is 3.01. The Hall–Kier alpha value is -1.51. The first kappa shape index (κ1) is 9.06. The van der Waals surface area contributed by atoms with E-state index >= 15 is 0 Å². The fourth-order valence-electron chi connectivity index (χ4n) is 1.78. The van der Waals surface area contributed by atoms with Crippen LogP contribution in [-0.2, 0) is 7.05 Å². The molecule has 0 saturated carbocycles. The number of imidazole rings is 1. The van der Waals surface area contributed by atoms with Crippen LogP contribution in [0.2, 0.25) is 0 Å². The Kier molecular flexibility index (Phi) is 1.95. The van der Waals surface area contributed by atoms with Crippen LogP contribution in [0.25, 0.3) is 11.0 Å². The molecule has 1 heterocycles. The number of phenolic OH excluding ortho intramolecular Hbond substituents is 1. The fourth-order valence-corrected chi connectivity index (χ4v) is 1.78. The maximum absolute atomic E-state index is 9.69. The predicted molar refractivity (Wildman–Crippen MR) is 56.5 cm³/mol. The van der Waals surface area contributed by atoms with Gasteiger partial charge in [-0.1, -0.05) is 19.9 Å². The summed E-state index contributed by atoms with van der Waals surface area (Å²) in [5, 5.41) is 9.69. The summed E-state index contributed by atoms with van der Waals surface area (Å²) in [7, 11) is 1.93. The second-order valence-electron chi connectivity index (χ2n) is 3.83. The molecule has 74 valence electrons. The number of nitrogens with zero attached hydrogens (tertiary/aromatic N) is 2. The van der Waals surface area contributed by atoms with E-state index in [0.717, 1.165) is 16.9 Å². The molecule has 3 heteroatoms. The Morgan fingerprint density at radius 2 is 2.07 bits per heavy atom. The molecule has 0 aliphatic carbocycles. The van der Waals surface area contributed by atoms with E-state index in [-0.39, 0.29) is 0 Å². The van der Waals surface area contributed by atoms with Crippen molar-refractivity contribution in [3.63, 3.8) is 0 Å². The van der Waals surface area contributed by atoms with Gasteiger partial charge in [0.15, 0.2) is 0 Å². The van der Waals surface area contributed by atoms with Crippen molar-refractivity contribution in [1.29, 1.82) is 0 Å². The number of para-hydroxylation sites is 1. The minimum absolute atomic E-state index is 0.296. The van der Waals surface area contributed by atoms with E-state index in [4.69, 9.17) is 0 Å². The normalized spacial score (nSPS) is 11.4. The van der Waals surface area contributed by atoms with Crippen LogP contribution in [0.5, 0.6) is 5.75 Å². The molecule has 3 nitrogen and oxygen atoms in total. The van der Waals surface area contributed by atoms with Gasteiger partial charge in [0, 0.05) is 13.0 Å². The van der Waals surface area contributed by atoms with Crippen molar-refractivity contribution in [1.82, 2.24) is 9.55 Å². The molecule has 1 aromatic heterocycles. The van der Waals surface area contributed by atoms with Gasteiger partial charge in [0.1, 0.15) is 17.1 Å². The Bertz CT molecular complexity index is 471. The van der Waals surface area contributed by atoms with E-state index in [9.17, 15) is 5.11 Å². The molecule has 14 heavy (non-hydrogen) atoms. The van der Waals surface area contributed by atoms with Gasteiger partial charge < -0.3 is 9.67 Å². The predicted octanol–water partition coefficient (Wildman–Crippen LogP) is 2.40. The smallest absolute Gasteiger partial charge is 0.141 e. The van der Waals surface area contributed by atoms with Crippen LogP contribution in [-0.4, -0.2) is 14.7 Å². The third-order valence-corrected chi connectivity index (χ3v) is 2.42. The highest BCUT2D eigenvalue weighted by molar-refractivity contribution is 5.82. The van der Waals surface area contributed by atoms with E-state index < -0.39 is 0 Å². The van der Waals surface area contributed by atoms with Gasteiger partial charge in [0.05, 0.1) is 5.52 Å². The van der Waals surface area contributed by atoms with Gasteiger partial charge in [-0.15, -0.1) is 0 Å². The van der Waals surface area contributed by atoms with Gasteiger partial charge in [-0.3, -0.25) is 0 Å². The summed E-state index contributed by atoms with van der Waals surface area (Å²) in [5.41, 5.74) is 1.67. The van der Waals surface area contributed by atoms with Crippen molar-refractivity contribution >= 4 is 11.0 Å². The maximum Gasteiger partial charge on any atom is 0.141 e. The quantitative estimate of drug-likeness (QED) is 0.749. The number of aromatic hydroxyl groups is 1. The monoisotopic (exact) mass is 190 g/mol. The van der Waals surface area contributed by atoms with Crippen molar-refractivity contribution in [3.05, 3.63) is 24.0 Å². The van der Waals surface area contributed by atoms with Crippen LogP contribution in [0.1, 0.15) is 25.6 Å². The number of hydrogen-bond donors (Lipinski definition) is 1. The Balaban J connectivity index is 2.81. The first-order valence-corrected chi connectivity index (χ1v) is 4.75. The number of phenols is 1. The van der Waals surface area contributed by atoms with Gasteiger partial charge in [-0.05, 0) is 12.1 Å². The molecule has 0 aliphatic rings. The van der Waals surface area contributed by atoms with Crippen LogP contribution in [0, 0.1) is 0 Å². The van der Waals surface area contributed by atoms with Crippen LogP contribution < -0.4 is 0 Å². The summed E-state index contributed by atoms with van der Waals surface area (Å²) in [6.45, 7) is 4.19. The standard InChI is InChI=1S/C11H14N2O/c1-7(2)11-12-8-5-4-6-9(14)10(8)13(11)3/h4-7,14H,1-3H3. The molecular weight excluding hydrogens is 176 g/mol. The lowest BCUT2D eigenvalue weighted by atomic mass is 10.2. The molecule has 0 unspecified atom stereocenters. The molecule has 2 aromatic rings. The van der Waals surface area contributed by atoms with Gasteiger partial charge in [-0.25, -0.2) is 4.98 Å². The number of benzene rings is 1. The first-order chi connectivity index (χ1) is 6.61. The van der Waals surface area contributed by atoms with E-state index in [1.54, 1.807) is 6.07 Å². The zero-order valence-corrected chi connectivity index (χ0v) is 8.65. The molecular formula is C11H14N2O. The van der Waals surface area contributed by atoms with Gasteiger partial charge >= 0.3 is 0 Å². The summed E-state index contributed by atoms with van der Waals surface area (Å²) < 4.78 is 1.95. The molecule has 0 saturated heterocycles. The van der Waals surface area contributed by atoms with Crippen LogP contribution >= 0.6 is 0 Å². The molecule has 0 fully saturated rings. The first-order valence-electron chi connectivity index (χ1n) is 4.75. The van der Waals surface area contributed by atoms with Gasteiger partial charge in [0.2, 0.25) is 0 Å². The fraction of sp³-hybridized carbons (Fsp3) is 0.364. The molecule has 0 amide bonds. The van der Waals surface area contributed by atoms with Crippen LogP contribution in [0.3, 0.4) is 0 Å². The summed E-state index contributed by atoms with van der Waals surface area (Å²) in [5.74, 6) is 1.66. The summed E-state index contributed by atoms with van der Waals surface area (Å²) in [6.07, 6.45) is 0. The van der Waals surface area contributed by atoms with Crippen molar-refractivity contribution in [3.8, 4) is 5.75 Å². The Morgan fingerprint density at radius 1 is 1.36 bits per heavy atom. The molecule has 0 spiro atoms. The average molecular weight is 190 g/mol. The summed E-state index contributed by atoms with van der Waals surface area (Å²) in [6, 6.07) is 5.42. The average Bonchev–Trinajstić information content (AvgIpc) is 2.45. The maximum atomic E-state index is 9.69. The van der Waals surface area contributed by atoms with E-state index in [2.05, 4.69) is 18.8 Å². The van der Waals surface area contributed by atoms with E-state index in [0.29, 0.717) is 11.7 Å². The van der Waals surface area contributed by atoms with E-state index in [1.165, 1.54) is 0 Å². The van der Waals surface area contributed by atoms with Gasteiger partial charge in [0.25, 0.3) is 0 Å². The highest BCUT2D eigenvalue weighted by atomic mass is 16.3. The molecule has 0 radical (unpaired) electrons. The summed E-state index contributed by atoms with van der Waals surface area (Å²) >= 11 is 0. The number of hydrogen-bond acceptors (Lipinski definition) is 2. The topological polar surface area (TPSA) is 38.1 Å². The number of fused-ring (bicyclic) bond motifs is 1. The largest absolute Gasteiger partial charge is 0.506 e. The van der Waals surface area contributed by atoms with Crippen LogP contribution in [0.4, 0.5) is 0 Å².